The fraction of sp³-hybridized carbons (Fsp3) is 0.538. The zero-order valence-corrected chi connectivity index (χ0v) is 11.7. The monoisotopic (exact) mass is 282 g/mol. The van der Waals surface area contributed by atoms with Crippen molar-refractivity contribution in [2.24, 2.45) is 5.92 Å². The van der Waals surface area contributed by atoms with Crippen molar-refractivity contribution >= 4 is 28.3 Å². The maximum absolute atomic E-state index is 12.0. The molecule has 1 saturated carbocycles. The summed E-state index contributed by atoms with van der Waals surface area (Å²) in [5.74, 6) is -0.437. The van der Waals surface area contributed by atoms with E-state index in [9.17, 15) is 9.59 Å². The van der Waals surface area contributed by atoms with Crippen molar-refractivity contribution in [2.75, 3.05) is 18.9 Å². The van der Waals surface area contributed by atoms with Crippen molar-refractivity contribution in [3.8, 4) is 0 Å². The highest BCUT2D eigenvalue weighted by molar-refractivity contribution is 7.14. The number of carboxylic acids is 1. The first-order chi connectivity index (χ1) is 9.08. The number of hydrogen-bond acceptors (Lipinski definition) is 3. The van der Waals surface area contributed by atoms with Crippen LogP contribution in [0.15, 0.2) is 11.4 Å². The van der Waals surface area contributed by atoms with Crippen molar-refractivity contribution in [3.05, 3.63) is 17.0 Å². The molecule has 0 aliphatic heterocycles. The second-order valence-corrected chi connectivity index (χ2v) is 5.85. The summed E-state index contributed by atoms with van der Waals surface area (Å²) in [5, 5.41) is 13.7. The smallest absolute Gasteiger partial charge is 0.338 e. The molecule has 6 heteroatoms. The number of nitrogens with zero attached hydrogens (tertiary/aromatic N) is 1. The number of carboxylic acid groups (broad SMARTS) is 1. The number of nitrogens with one attached hydrogen (secondary N) is 1. The molecule has 0 aromatic carbocycles. The molecule has 19 heavy (non-hydrogen) atoms. The highest BCUT2D eigenvalue weighted by Gasteiger charge is 2.21. The molecule has 104 valence electrons. The Labute approximate surface area is 116 Å². The lowest BCUT2D eigenvalue weighted by Gasteiger charge is -2.21. The van der Waals surface area contributed by atoms with Gasteiger partial charge in [-0.3, -0.25) is 5.32 Å². The van der Waals surface area contributed by atoms with Gasteiger partial charge in [0.1, 0.15) is 5.00 Å². The lowest BCUT2D eigenvalue weighted by molar-refractivity contribution is 0.0698. The number of hydrogen-bond donors (Lipinski definition) is 2. The van der Waals surface area contributed by atoms with Gasteiger partial charge in [-0.05, 0) is 30.2 Å². The lowest BCUT2D eigenvalue weighted by atomic mass is 10.1. The van der Waals surface area contributed by atoms with Crippen LogP contribution in [0.4, 0.5) is 9.80 Å². The molecule has 1 fully saturated rings. The van der Waals surface area contributed by atoms with Gasteiger partial charge >= 0.3 is 12.0 Å². The van der Waals surface area contributed by atoms with Crippen LogP contribution in [-0.2, 0) is 0 Å². The van der Waals surface area contributed by atoms with Gasteiger partial charge in [0.25, 0.3) is 0 Å². The van der Waals surface area contributed by atoms with E-state index in [0.29, 0.717) is 10.9 Å². The van der Waals surface area contributed by atoms with Gasteiger partial charge in [-0.15, -0.1) is 11.3 Å². The zero-order chi connectivity index (χ0) is 13.8. The maximum Gasteiger partial charge on any atom is 0.338 e. The average Bonchev–Trinajstić information content (AvgIpc) is 2.99. The first-order valence-corrected chi connectivity index (χ1v) is 7.29. The molecule has 0 unspecified atom stereocenters. The molecule has 1 aromatic rings. The minimum atomic E-state index is -1.02. The molecule has 5 nitrogen and oxygen atoms in total. The molecule has 0 bridgehead atoms. The molecule has 2 N–H and O–H groups in total. The Morgan fingerprint density at radius 3 is 2.79 bits per heavy atom. The summed E-state index contributed by atoms with van der Waals surface area (Å²) >= 11 is 1.23. The Balaban J connectivity index is 1.92. The number of urea groups is 1. The number of thiophene rings is 1. The number of anilines is 1. The third-order valence-corrected chi connectivity index (χ3v) is 4.30. The second kappa shape index (κ2) is 6.06. The first-order valence-electron chi connectivity index (χ1n) is 6.41. The second-order valence-electron chi connectivity index (χ2n) is 4.93. The summed E-state index contributed by atoms with van der Waals surface area (Å²) in [6.07, 6.45) is 4.84. The van der Waals surface area contributed by atoms with E-state index in [1.807, 2.05) is 0 Å². The highest BCUT2D eigenvalue weighted by Crippen LogP contribution is 2.26. The van der Waals surface area contributed by atoms with Crippen LogP contribution in [-0.4, -0.2) is 35.6 Å². The van der Waals surface area contributed by atoms with Gasteiger partial charge in [0.2, 0.25) is 0 Å². The van der Waals surface area contributed by atoms with Crippen LogP contribution < -0.4 is 5.32 Å². The molecule has 1 aliphatic carbocycles. The number of carbonyl (C=O) groups is 2. The average molecular weight is 282 g/mol. The van der Waals surface area contributed by atoms with Gasteiger partial charge in [-0.1, -0.05) is 12.8 Å². The SMILES string of the molecule is CN(CC1CCCC1)C(=O)Nc1sccc1C(=O)O. The molecular formula is C13H18N2O3S. The lowest BCUT2D eigenvalue weighted by Crippen LogP contribution is -2.34. The Morgan fingerprint density at radius 2 is 2.16 bits per heavy atom. The van der Waals surface area contributed by atoms with E-state index in [-0.39, 0.29) is 11.6 Å². The van der Waals surface area contributed by atoms with Crippen molar-refractivity contribution < 1.29 is 14.7 Å². The van der Waals surface area contributed by atoms with Crippen molar-refractivity contribution in [3.63, 3.8) is 0 Å². The minimum absolute atomic E-state index is 0.146. The molecule has 2 amide bonds. The Hall–Kier alpha value is -1.56. The molecule has 0 atom stereocenters. The Morgan fingerprint density at radius 1 is 1.47 bits per heavy atom. The number of amides is 2. The topological polar surface area (TPSA) is 69.6 Å². The van der Waals surface area contributed by atoms with Gasteiger partial charge in [-0.25, -0.2) is 9.59 Å². The van der Waals surface area contributed by atoms with Crippen molar-refractivity contribution in [1.82, 2.24) is 4.90 Å². The summed E-state index contributed by atoms with van der Waals surface area (Å²) in [6.45, 7) is 0.736. The van der Waals surface area contributed by atoms with E-state index in [0.717, 1.165) is 6.54 Å². The summed E-state index contributed by atoms with van der Waals surface area (Å²) in [7, 11) is 1.75. The summed E-state index contributed by atoms with van der Waals surface area (Å²) in [6, 6.07) is 1.26. The van der Waals surface area contributed by atoms with Crippen LogP contribution in [0.5, 0.6) is 0 Å². The number of carbonyl (C=O) groups excluding carboxylic acids is 1. The minimum Gasteiger partial charge on any atom is -0.478 e. The Bertz CT molecular complexity index is 466. The normalized spacial score (nSPS) is 15.4. The van der Waals surface area contributed by atoms with Gasteiger partial charge in [0.15, 0.2) is 0 Å². The predicted octanol–water partition coefficient (Wildman–Crippen LogP) is 3.10. The van der Waals surface area contributed by atoms with Gasteiger partial charge < -0.3 is 10.0 Å². The van der Waals surface area contributed by atoms with E-state index in [2.05, 4.69) is 5.32 Å². The van der Waals surface area contributed by atoms with E-state index in [4.69, 9.17) is 5.11 Å². The molecule has 1 aromatic heterocycles. The molecule has 0 radical (unpaired) electrons. The van der Waals surface area contributed by atoms with E-state index in [1.165, 1.54) is 43.1 Å². The quantitative estimate of drug-likeness (QED) is 0.891. The van der Waals surface area contributed by atoms with Crippen molar-refractivity contribution in [1.29, 1.82) is 0 Å². The van der Waals surface area contributed by atoms with Gasteiger partial charge in [0, 0.05) is 13.6 Å². The van der Waals surface area contributed by atoms with E-state index >= 15 is 0 Å². The standard InChI is InChI=1S/C13H18N2O3S/c1-15(8-9-4-2-3-5-9)13(18)14-11-10(12(16)17)6-7-19-11/h6-7,9H,2-5,8H2,1H3,(H,14,18)(H,16,17). The van der Waals surface area contributed by atoms with Crippen molar-refractivity contribution in [2.45, 2.75) is 25.7 Å². The van der Waals surface area contributed by atoms with E-state index in [1.54, 1.807) is 17.3 Å². The summed E-state index contributed by atoms with van der Waals surface area (Å²) < 4.78 is 0. The first kappa shape index (κ1) is 13.9. The predicted molar refractivity (Wildman–Crippen MR) is 74.9 cm³/mol. The van der Waals surface area contributed by atoms with Crippen LogP contribution in [0.25, 0.3) is 0 Å². The molecular weight excluding hydrogens is 264 g/mol. The summed E-state index contributed by atoms with van der Waals surface area (Å²) in [5.41, 5.74) is 0.146. The van der Waals surface area contributed by atoms with Crippen LogP contribution in [0, 0.1) is 5.92 Å². The van der Waals surface area contributed by atoms with Crippen LogP contribution in [0.2, 0.25) is 0 Å². The van der Waals surface area contributed by atoms with Gasteiger partial charge in [-0.2, -0.15) is 0 Å². The largest absolute Gasteiger partial charge is 0.478 e. The van der Waals surface area contributed by atoms with Gasteiger partial charge in [0.05, 0.1) is 5.56 Å². The van der Waals surface area contributed by atoms with Crippen LogP contribution >= 0.6 is 11.3 Å². The van der Waals surface area contributed by atoms with E-state index < -0.39 is 5.97 Å². The van der Waals surface area contributed by atoms with Crippen LogP contribution in [0.3, 0.4) is 0 Å². The highest BCUT2D eigenvalue weighted by atomic mass is 32.1. The molecule has 0 spiro atoms. The molecule has 1 heterocycles. The van der Waals surface area contributed by atoms with Crippen LogP contribution in [0.1, 0.15) is 36.0 Å². The maximum atomic E-state index is 12.0. The number of rotatable bonds is 4. The zero-order valence-electron chi connectivity index (χ0n) is 10.9. The molecule has 0 saturated heterocycles. The fourth-order valence-corrected chi connectivity index (χ4v) is 3.20. The Kier molecular flexibility index (Phi) is 4.42. The fourth-order valence-electron chi connectivity index (χ4n) is 2.43. The molecule has 2 rings (SSSR count). The summed E-state index contributed by atoms with van der Waals surface area (Å²) in [4.78, 5) is 24.6. The third kappa shape index (κ3) is 3.47. The number of aromatic carboxylic acids is 1. The molecule has 1 aliphatic rings. The third-order valence-electron chi connectivity index (χ3n) is 3.47.